The first kappa shape index (κ1) is 15.7. The van der Waals surface area contributed by atoms with Gasteiger partial charge in [0.05, 0.1) is 18.6 Å². The summed E-state index contributed by atoms with van der Waals surface area (Å²) in [5, 5.41) is 7.53. The SMILES string of the molecule is Cc1ccc(C(=O)NC2CC2)cc1-c1cnn(-c2cnc3cnccn23)c1. The summed E-state index contributed by atoms with van der Waals surface area (Å²) in [6.07, 6.45) is 13.0. The first-order valence-corrected chi connectivity index (χ1v) is 8.93. The third kappa shape index (κ3) is 2.87. The Balaban J connectivity index is 1.51. The molecule has 1 saturated carbocycles. The quantitative estimate of drug-likeness (QED) is 0.608. The van der Waals surface area contributed by atoms with Gasteiger partial charge in [0.2, 0.25) is 0 Å². The van der Waals surface area contributed by atoms with Gasteiger partial charge in [0, 0.05) is 35.8 Å². The Kier molecular flexibility index (Phi) is 3.53. The Morgan fingerprint density at radius 3 is 2.96 bits per heavy atom. The van der Waals surface area contributed by atoms with Crippen LogP contribution in [0, 0.1) is 6.92 Å². The fraction of sp³-hybridized carbons (Fsp3) is 0.200. The number of amides is 1. The van der Waals surface area contributed by atoms with E-state index >= 15 is 0 Å². The van der Waals surface area contributed by atoms with Gasteiger partial charge in [-0.1, -0.05) is 6.07 Å². The number of nitrogens with zero attached hydrogens (tertiary/aromatic N) is 5. The van der Waals surface area contributed by atoms with E-state index < -0.39 is 0 Å². The standard InChI is InChI=1S/C20H18N6O/c1-13-2-3-14(20(27)24-16-4-5-16)8-17(13)15-9-23-26(12-15)19-11-22-18-10-21-6-7-25(18)19/h2-3,6-12,16H,4-5H2,1H3,(H,24,27). The molecule has 3 heterocycles. The first-order valence-electron chi connectivity index (χ1n) is 8.93. The van der Waals surface area contributed by atoms with Crippen molar-refractivity contribution in [3.8, 4) is 16.9 Å². The van der Waals surface area contributed by atoms with Crippen LogP contribution < -0.4 is 5.32 Å². The molecule has 0 aliphatic heterocycles. The van der Waals surface area contributed by atoms with Crippen LogP contribution in [0.2, 0.25) is 0 Å². The van der Waals surface area contributed by atoms with Crippen molar-refractivity contribution in [3.05, 3.63) is 66.5 Å². The number of rotatable bonds is 4. The minimum Gasteiger partial charge on any atom is -0.349 e. The first-order chi connectivity index (χ1) is 13.2. The maximum absolute atomic E-state index is 12.4. The van der Waals surface area contributed by atoms with E-state index in [4.69, 9.17) is 0 Å². The third-order valence-electron chi connectivity index (χ3n) is 4.84. The van der Waals surface area contributed by atoms with Gasteiger partial charge in [-0.05, 0) is 43.0 Å². The molecule has 5 rings (SSSR count). The topological polar surface area (TPSA) is 77.1 Å². The fourth-order valence-electron chi connectivity index (χ4n) is 3.16. The molecule has 1 aliphatic carbocycles. The number of benzene rings is 1. The third-order valence-corrected chi connectivity index (χ3v) is 4.84. The van der Waals surface area contributed by atoms with Gasteiger partial charge < -0.3 is 5.32 Å². The number of fused-ring (bicyclic) bond motifs is 1. The van der Waals surface area contributed by atoms with Gasteiger partial charge in [0.25, 0.3) is 5.91 Å². The molecule has 0 bridgehead atoms. The molecule has 134 valence electrons. The molecule has 1 aromatic carbocycles. The second-order valence-electron chi connectivity index (χ2n) is 6.87. The number of nitrogens with one attached hydrogen (secondary N) is 1. The van der Waals surface area contributed by atoms with E-state index in [2.05, 4.69) is 20.4 Å². The zero-order valence-corrected chi connectivity index (χ0v) is 14.8. The molecule has 7 nitrogen and oxygen atoms in total. The van der Waals surface area contributed by atoms with Crippen LogP contribution in [-0.4, -0.2) is 36.1 Å². The molecule has 0 spiro atoms. The molecule has 1 fully saturated rings. The van der Waals surface area contributed by atoms with Crippen molar-refractivity contribution < 1.29 is 4.79 Å². The molecular weight excluding hydrogens is 340 g/mol. The van der Waals surface area contributed by atoms with Crippen molar-refractivity contribution in [2.45, 2.75) is 25.8 Å². The Labute approximate surface area is 155 Å². The summed E-state index contributed by atoms with van der Waals surface area (Å²) in [6, 6.07) is 6.13. The van der Waals surface area contributed by atoms with Crippen molar-refractivity contribution >= 4 is 11.6 Å². The minimum atomic E-state index is -0.0135. The smallest absolute Gasteiger partial charge is 0.251 e. The van der Waals surface area contributed by atoms with Crippen LogP contribution >= 0.6 is 0 Å². The van der Waals surface area contributed by atoms with Crippen LogP contribution in [0.15, 0.2) is 55.4 Å². The molecule has 1 N–H and O–H groups in total. The Bertz CT molecular complexity index is 1150. The van der Waals surface area contributed by atoms with Gasteiger partial charge in [-0.15, -0.1) is 0 Å². The van der Waals surface area contributed by atoms with Crippen molar-refractivity contribution in [2.75, 3.05) is 0 Å². The van der Waals surface area contributed by atoms with Gasteiger partial charge in [0.15, 0.2) is 11.5 Å². The van der Waals surface area contributed by atoms with E-state index in [1.807, 2.05) is 48.1 Å². The normalized spacial score (nSPS) is 13.8. The molecule has 1 aliphatic rings. The van der Waals surface area contributed by atoms with Crippen molar-refractivity contribution in [3.63, 3.8) is 0 Å². The molecule has 0 radical (unpaired) electrons. The van der Waals surface area contributed by atoms with Crippen molar-refractivity contribution in [1.82, 2.24) is 29.5 Å². The van der Waals surface area contributed by atoms with Crippen LogP contribution in [0.5, 0.6) is 0 Å². The summed E-state index contributed by atoms with van der Waals surface area (Å²) in [6.45, 7) is 2.04. The lowest BCUT2D eigenvalue weighted by Crippen LogP contribution is -2.25. The maximum Gasteiger partial charge on any atom is 0.251 e. The summed E-state index contributed by atoms with van der Waals surface area (Å²) in [4.78, 5) is 20.8. The van der Waals surface area contributed by atoms with E-state index in [-0.39, 0.29) is 5.91 Å². The Morgan fingerprint density at radius 2 is 2.11 bits per heavy atom. The van der Waals surface area contributed by atoms with E-state index in [0.29, 0.717) is 11.6 Å². The lowest BCUT2D eigenvalue weighted by atomic mass is 10.0. The van der Waals surface area contributed by atoms with Crippen LogP contribution in [0.25, 0.3) is 22.6 Å². The van der Waals surface area contributed by atoms with Gasteiger partial charge in [-0.3, -0.25) is 14.2 Å². The molecule has 1 amide bonds. The molecule has 3 aromatic heterocycles. The van der Waals surface area contributed by atoms with Crippen molar-refractivity contribution in [2.24, 2.45) is 0 Å². The Morgan fingerprint density at radius 1 is 1.22 bits per heavy atom. The van der Waals surface area contributed by atoms with E-state index in [1.165, 1.54) is 0 Å². The highest BCUT2D eigenvalue weighted by molar-refractivity contribution is 5.96. The lowest BCUT2D eigenvalue weighted by molar-refractivity contribution is 0.0951. The van der Waals surface area contributed by atoms with Gasteiger partial charge in [-0.25, -0.2) is 9.67 Å². The van der Waals surface area contributed by atoms with Crippen molar-refractivity contribution in [1.29, 1.82) is 0 Å². The second-order valence-corrected chi connectivity index (χ2v) is 6.87. The highest BCUT2D eigenvalue weighted by Crippen LogP contribution is 2.26. The molecule has 0 unspecified atom stereocenters. The van der Waals surface area contributed by atoms with Gasteiger partial charge in [0.1, 0.15) is 0 Å². The van der Waals surface area contributed by atoms with E-state index in [9.17, 15) is 4.79 Å². The number of carbonyl (C=O) groups excluding carboxylic acids is 1. The number of hydrogen-bond donors (Lipinski definition) is 1. The zero-order valence-electron chi connectivity index (χ0n) is 14.8. The number of imidazole rings is 1. The highest BCUT2D eigenvalue weighted by atomic mass is 16.1. The summed E-state index contributed by atoms with van der Waals surface area (Å²) in [5.41, 5.74) is 4.49. The monoisotopic (exact) mass is 358 g/mol. The molecular formula is C20H18N6O. The van der Waals surface area contributed by atoms with Gasteiger partial charge in [-0.2, -0.15) is 5.10 Å². The van der Waals surface area contributed by atoms with Gasteiger partial charge >= 0.3 is 0 Å². The fourth-order valence-corrected chi connectivity index (χ4v) is 3.16. The van der Waals surface area contributed by atoms with E-state index in [0.717, 1.165) is 41.0 Å². The molecule has 4 aromatic rings. The summed E-state index contributed by atoms with van der Waals surface area (Å²) >= 11 is 0. The zero-order chi connectivity index (χ0) is 18.4. The van der Waals surface area contributed by atoms with E-state index in [1.54, 1.807) is 23.3 Å². The number of carbonyl (C=O) groups is 1. The minimum absolute atomic E-state index is 0.0135. The average Bonchev–Trinajstić information content (AvgIpc) is 3.19. The summed E-state index contributed by atoms with van der Waals surface area (Å²) in [5.74, 6) is 0.819. The lowest BCUT2D eigenvalue weighted by Gasteiger charge is -2.08. The maximum atomic E-state index is 12.4. The molecule has 27 heavy (non-hydrogen) atoms. The predicted octanol–water partition coefficient (Wildman–Crippen LogP) is 2.78. The summed E-state index contributed by atoms with van der Waals surface area (Å²) < 4.78 is 3.71. The molecule has 7 heteroatoms. The predicted molar refractivity (Wildman–Crippen MR) is 101 cm³/mol. The second kappa shape index (κ2) is 6.05. The number of aromatic nitrogens is 5. The highest BCUT2D eigenvalue weighted by Gasteiger charge is 2.24. The summed E-state index contributed by atoms with van der Waals surface area (Å²) in [7, 11) is 0. The van der Waals surface area contributed by atoms with Crippen LogP contribution in [-0.2, 0) is 0 Å². The number of hydrogen-bond acceptors (Lipinski definition) is 4. The largest absolute Gasteiger partial charge is 0.349 e. The van der Waals surface area contributed by atoms with Crippen LogP contribution in [0.4, 0.5) is 0 Å². The molecule has 0 saturated heterocycles. The average molecular weight is 358 g/mol. The number of aryl methyl sites for hydroxylation is 1. The Hall–Kier alpha value is -3.48. The van der Waals surface area contributed by atoms with Crippen LogP contribution in [0.3, 0.4) is 0 Å². The molecule has 0 atom stereocenters. The van der Waals surface area contributed by atoms with Crippen LogP contribution in [0.1, 0.15) is 28.8 Å².